The van der Waals surface area contributed by atoms with Crippen LogP contribution in [0.25, 0.3) is 16.9 Å². The lowest BCUT2D eigenvalue weighted by Gasteiger charge is -2.03. The summed E-state index contributed by atoms with van der Waals surface area (Å²) in [6.45, 7) is 4.02. The summed E-state index contributed by atoms with van der Waals surface area (Å²) in [5.41, 5.74) is 4.80. The Balaban J connectivity index is 1.92. The van der Waals surface area contributed by atoms with Crippen molar-refractivity contribution in [2.45, 2.75) is 13.8 Å². The van der Waals surface area contributed by atoms with Crippen molar-refractivity contribution < 1.29 is 4.39 Å². The van der Waals surface area contributed by atoms with Crippen LogP contribution in [-0.4, -0.2) is 9.38 Å². The monoisotopic (exact) mass is 344 g/mol. The first kappa shape index (κ1) is 16.1. The topological polar surface area (TPSA) is 42.0 Å². The second kappa shape index (κ2) is 6.52. The van der Waals surface area contributed by atoms with Gasteiger partial charge < -0.3 is 0 Å². The average molecular weight is 344 g/mol. The summed E-state index contributed by atoms with van der Waals surface area (Å²) >= 11 is 0. The number of benzene rings is 2. The summed E-state index contributed by atoms with van der Waals surface area (Å²) in [6, 6.07) is 20.3. The number of nitrogens with zero attached hydrogens (tertiary/aromatic N) is 4. The first-order valence-corrected chi connectivity index (χ1v) is 8.35. The van der Waals surface area contributed by atoms with Gasteiger partial charge in [-0.15, -0.1) is 10.2 Å². The number of fused-ring (bicyclic) bond motifs is 1. The zero-order valence-electron chi connectivity index (χ0n) is 14.5. The fourth-order valence-electron chi connectivity index (χ4n) is 2.87. The second-order valence-corrected chi connectivity index (χ2v) is 6.16. The maximum atomic E-state index is 13.9. The van der Waals surface area contributed by atoms with Crippen LogP contribution in [0.1, 0.15) is 11.3 Å². The molecular weight excluding hydrogens is 327 g/mol. The lowest BCUT2D eigenvalue weighted by atomic mass is 10.1. The second-order valence-electron chi connectivity index (χ2n) is 6.16. The largest absolute Gasteiger partial charge is 0.280 e. The highest BCUT2D eigenvalue weighted by molar-refractivity contribution is 5.75. The minimum absolute atomic E-state index is 0.200. The smallest absolute Gasteiger partial charge is 0.187 e. The van der Waals surface area contributed by atoms with Gasteiger partial charge in [-0.05, 0) is 38.1 Å². The van der Waals surface area contributed by atoms with Gasteiger partial charge in [0.25, 0.3) is 0 Å². The van der Waals surface area contributed by atoms with Crippen LogP contribution in [0.4, 0.5) is 15.9 Å². The number of hydrogen-bond acceptors (Lipinski definition) is 3. The molecule has 5 heteroatoms. The van der Waals surface area contributed by atoms with Crippen molar-refractivity contribution in [3.8, 4) is 11.3 Å². The number of hydrogen-bond donors (Lipinski definition) is 0. The van der Waals surface area contributed by atoms with E-state index in [1.54, 1.807) is 18.2 Å². The van der Waals surface area contributed by atoms with Crippen molar-refractivity contribution in [3.05, 3.63) is 83.8 Å². The Labute approximate surface area is 150 Å². The van der Waals surface area contributed by atoms with Gasteiger partial charge in [-0.2, -0.15) is 0 Å². The van der Waals surface area contributed by atoms with E-state index in [1.807, 2.05) is 60.7 Å². The normalized spacial score (nSPS) is 11.5. The van der Waals surface area contributed by atoms with Gasteiger partial charge in [0.1, 0.15) is 17.0 Å². The maximum Gasteiger partial charge on any atom is 0.187 e. The van der Waals surface area contributed by atoms with Crippen molar-refractivity contribution in [1.29, 1.82) is 0 Å². The molecular formula is C21H17FN4. The minimum Gasteiger partial charge on any atom is -0.280 e. The van der Waals surface area contributed by atoms with E-state index in [9.17, 15) is 4.39 Å². The third kappa shape index (κ3) is 2.88. The zero-order chi connectivity index (χ0) is 18.1. The summed E-state index contributed by atoms with van der Waals surface area (Å²) in [4.78, 5) is 4.72. The molecule has 4 nitrogen and oxygen atoms in total. The molecule has 26 heavy (non-hydrogen) atoms. The molecule has 0 saturated heterocycles. The first-order valence-electron chi connectivity index (χ1n) is 8.35. The number of azo groups is 1. The van der Waals surface area contributed by atoms with Crippen molar-refractivity contribution >= 4 is 17.2 Å². The first-order chi connectivity index (χ1) is 12.6. The molecule has 0 radical (unpaired) electrons. The third-order valence-corrected chi connectivity index (χ3v) is 4.24. The van der Waals surface area contributed by atoms with Crippen LogP contribution in [0.15, 0.2) is 77.0 Å². The van der Waals surface area contributed by atoms with Crippen LogP contribution < -0.4 is 0 Å². The van der Waals surface area contributed by atoms with Gasteiger partial charge in [-0.1, -0.05) is 48.0 Å². The molecule has 4 aromatic rings. The van der Waals surface area contributed by atoms with E-state index in [1.165, 1.54) is 11.6 Å². The van der Waals surface area contributed by atoms with E-state index >= 15 is 0 Å². The lowest BCUT2D eigenvalue weighted by Crippen LogP contribution is -1.89. The van der Waals surface area contributed by atoms with E-state index in [0.717, 1.165) is 22.6 Å². The predicted octanol–water partition coefficient (Wildman–Crippen LogP) is 6.17. The summed E-state index contributed by atoms with van der Waals surface area (Å²) in [6.07, 6.45) is 0. The molecule has 0 bridgehead atoms. The highest BCUT2D eigenvalue weighted by Gasteiger charge is 2.15. The third-order valence-electron chi connectivity index (χ3n) is 4.24. The Morgan fingerprint density at radius 2 is 1.62 bits per heavy atom. The van der Waals surface area contributed by atoms with Gasteiger partial charge in [0.05, 0.1) is 0 Å². The van der Waals surface area contributed by atoms with Gasteiger partial charge in [0, 0.05) is 11.3 Å². The van der Waals surface area contributed by atoms with Crippen LogP contribution in [0.2, 0.25) is 0 Å². The Bertz CT molecular complexity index is 1110. The Morgan fingerprint density at radius 1 is 0.846 bits per heavy atom. The lowest BCUT2D eigenvalue weighted by molar-refractivity contribution is 0.628. The molecule has 0 saturated carbocycles. The van der Waals surface area contributed by atoms with Gasteiger partial charge in [-0.3, -0.25) is 4.40 Å². The molecule has 0 unspecified atom stereocenters. The van der Waals surface area contributed by atoms with E-state index < -0.39 is 5.82 Å². The van der Waals surface area contributed by atoms with E-state index in [4.69, 9.17) is 4.98 Å². The average Bonchev–Trinajstić information content (AvgIpc) is 3.02. The maximum absolute atomic E-state index is 13.9. The van der Waals surface area contributed by atoms with Crippen LogP contribution in [0.5, 0.6) is 0 Å². The summed E-state index contributed by atoms with van der Waals surface area (Å²) < 4.78 is 15.8. The molecule has 128 valence electrons. The SMILES string of the molecule is Cc1ccc(-c2nc3cccc(C)n3c2N=Nc2ccccc2F)cc1. The Hall–Kier alpha value is -3.34. The van der Waals surface area contributed by atoms with Crippen LogP contribution in [0.3, 0.4) is 0 Å². The number of pyridine rings is 1. The number of rotatable bonds is 3. The van der Waals surface area contributed by atoms with Gasteiger partial charge in [0.2, 0.25) is 0 Å². The van der Waals surface area contributed by atoms with Crippen molar-refractivity contribution in [3.63, 3.8) is 0 Å². The molecule has 0 fully saturated rings. The molecule has 0 aliphatic heterocycles. The van der Waals surface area contributed by atoms with E-state index in [-0.39, 0.29) is 5.69 Å². The molecule has 4 rings (SSSR count). The highest BCUT2D eigenvalue weighted by atomic mass is 19.1. The van der Waals surface area contributed by atoms with Crippen LogP contribution in [0, 0.1) is 19.7 Å². The van der Waals surface area contributed by atoms with Gasteiger partial charge in [-0.25, -0.2) is 9.37 Å². The molecule has 0 N–H and O–H groups in total. The summed E-state index contributed by atoms with van der Waals surface area (Å²) in [5.74, 6) is 0.184. The van der Waals surface area contributed by atoms with Crippen molar-refractivity contribution in [2.75, 3.05) is 0 Å². The number of aryl methyl sites for hydroxylation is 2. The summed E-state index contributed by atoms with van der Waals surface area (Å²) in [5, 5.41) is 8.50. The fraction of sp³-hybridized carbons (Fsp3) is 0.0952. The molecule has 0 aliphatic carbocycles. The van der Waals surface area contributed by atoms with Crippen molar-refractivity contribution in [2.24, 2.45) is 10.2 Å². The number of imidazole rings is 1. The van der Waals surface area contributed by atoms with E-state index in [0.29, 0.717) is 5.82 Å². The van der Waals surface area contributed by atoms with Crippen LogP contribution >= 0.6 is 0 Å². The number of aromatic nitrogens is 2. The zero-order valence-corrected chi connectivity index (χ0v) is 14.5. The van der Waals surface area contributed by atoms with Crippen molar-refractivity contribution in [1.82, 2.24) is 9.38 Å². The Morgan fingerprint density at radius 3 is 2.38 bits per heavy atom. The van der Waals surface area contributed by atoms with E-state index in [2.05, 4.69) is 10.2 Å². The standard InChI is InChI=1S/C21H17FN4/c1-14-10-12-16(13-11-14)20-21(25-24-18-8-4-3-7-17(18)22)26-15(2)6-5-9-19(26)23-20/h3-13H,1-2H3. The van der Waals surface area contributed by atoms with Gasteiger partial charge >= 0.3 is 0 Å². The Kier molecular flexibility index (Phi) is 4.05. The van der Waals surface area contributed by atoms with Gasteiger partial charge in [0.15, 0.2) is 11.6 Å². The molecule has 0 spiro atoms. The minimum atomic E-state index is -0.404. The molecule has 0 atom stereocenters. The summed E-state index contributed by atoms with van der Waals surface area (Å²) in [7, 11) is 0. The molecule has 2 aromatic heterocycles. The number of halogens is 1. The molecule has 2 aromatic carbocycles. The predicted molar refractivity (Wildman–Crippen MR) is 101 cm³/mol. The molecule has 0 amide bonds. The molecule has 0 aliphatic rings. The quantitative estimate of drug-likeness (QED) is 0.410. The highest BCUT2D eigenvalue weighted by Crippen LogP contribution is 2.33. The van der Waals surface area contributed by atoms with Crippen LogP contribution in [-0.2, 0) is 0 Å². The fourth-order valence-corrected chi connectivity index (χ4v) is 2.87. The molecule has 2 heterocycles.